The minimum Gasteiger partial charge on any atom is -0.341 e. The third kappa shape index (κ3) is 5.34. The number of sulfonamides is 1. The Morgan fingerprint density at radius 1 is 1.11 bits per heavy atom. The van der Waals surface area contributed by atoms with E-state index in [0.717, 1.165) is 18.4 Å². The topological polar surface area (TPSA) is 66.5 Å². The number of amides is 1. The maximum atomic E-state index is 13.2. The number of benzene rings is 2. The maximum absolute atomic E-state index is 13.2. The third-order valence-electron chi connectivity index (χ3n) is 5.10. The van der Waals surface area contributed by atoms with Crippen molar-refractivity contribution in [1.29, 1.82) is 0 Å². The molecule has 2 aromatic rings. The Kier molecular flexibility index (Phi) is 6.75. The average Bonchev–Trinajstić information content (AvgIpc) is 2.68. The van der Waals surface area contributed by atoms with E-state index in [1.165, 1.54) is 24.3 Å². The van der Waals surface area contributed by atoms with Crippen LogP contribution in [-0.4, -0.2) is 38.4 Å². The van der Waals surface area contributed by atoms with Crippen LogP contribution in [0.4, 0.5) is 0 Å². The Morgan fingerprint density at radius 2 is 1.71 bits per heavy atom. The first kappa shape index (κ1) is 20.8. The van der Waals surface area contributed by atoms with Crippen LogP contribution in [0.2, 0.25) is 5.02 Å². The monoisotopic (exact) mass is 420 g/mol. The number of piperidine rings is 1. The third-order valence-corrected chi connectivity index (χ3v) is 6.84. The molecule has 5 nitrogen and oxygen atoms in total. The second kappa shape index (κ2) is 9.07. The average molecular weight is 421 g/mol. The summed E-state index contributed by atoms with van der Waals surface area (Å²) < 4.78 is 28.3. The van der Waals surface area contributed by atoms with E-state index in [-0.39, 0.29) is 10.8 Å². The second-order valence-electron chi connectivity index (χ2n) is 7.33. The fourth-order valence-electron chi connectivity index (χ4n) is 3.35. The lowest BCUT2D eigenvalue weighted by molar-refractivity contribution is -0.134. The van der Waals surface area contributed by atoms with Crippen LogP contribution in [0.5, 0.6) is 0 Å². The van der Waals surface area contributed by atoms with Gasteiger partial charge in [-0.25, -0.2) is 8.42 Å². The van der Waals surface area contributed by atoms with Gasteiger partial charge in [-0.3, -0.25) is 4.79 Å². The van der Waals surface area contributed by atoms with E-state index >= 15 is 0 Å². The summed E-state index contributed by atoms with van der Waals surface area (Å²) in [4.78, 5) is 15.0. The van der Waals surface area contributed by atoms with E-state index in [2.05, 4.69) is 11.6 Å². The largest absolute Gasteiger partial charge is 0.341 e. The zero-order valence-electron chi connectivity index (χ0n) is 15.8. The van der Waals surface area contributed by atoms with Crippen LogP contribution in [0.1, 0.15) is 25.3 Å². The van der Waals surface area contributed by atoms with Crippen LogP contribution in [0.3, 0.4) is 0 Å². The predicted molar refractivity (Wildman–Crippen MR) is 111 cm³/mol. The second-order valence-corrected chi connectivity index (χ2v) is 9.48. The number of likely N-dealkylation sites (tertiary alicyclic amines) is 1. The van der Waals surface area contributed by atoms with E-state index in [4.69, 9.17) is 11.6 Å². The lowest BCUT2D eigenvalue weighted by Crippen LogP contribution is -2.51. The summed E-state index contributed by atoms with van der Waals surface area (Å²) in [5.41, 5.74) is 0.907. The highest BCUT2D eigenvalue weighted by atomic mass is 35.5. The molecule has 0 spiro atoms. The van der Waals surface area contributed by atoms with Crippen molar-refractivity contribution in [2.75, 3.05) is 13.1 Å². The van der Waals surface area contributed by atoms with Crippen LogP contribution in [0.25, 0.3) is 0 Å². The molecule has 28 heavy (non-hydrogen) atoms. The fourth-order valence-corrected chi connectivity index (χ4v) is 4.66. The standard InChI is InChI=1S/C21H25ClN2O3S/c1-16-11-13-24(14-12-16)21(25)20(15-17-5-3-2-4-6-17)23-28(26,27)19-9-7-18(22)8-10-19/h2-10,16,20,23H,11-15H2,1H3/t20-/m1/s1. The number of hydrogen-bond donors (Lipinski definition) is 1. The summed E-state index contributed by atoms with van der Waals surface area (Å²) in [6.45, 7) is 3.49. The highest BCUT2D eigenvalue weighted by Gasteiger charge is 2.31. The van der Waals surface area contributed by atoms with Crippen LogP contribution in [-0.2, 0) is 21.2 Å². The summed E-state index contributed by atoms with van der Waals surface area (Å²) in [6, 6.07) is 14.5. The minimum atomic E-state index is -3.85. The molecule has 2 aromatic carbocycles. The molecule has 150 valence electrons. The molecule has 3 rings (SSSR count). The van der Waals surface area contributed by atoms with E-state index < -0.39 is 16.1 Å². The molecule has 0 aromatic heterocycles. The Hall–Kier alpha value is -1.89. The van der Waals surface area contributed by atoms with Crippen molar-refractivity contribution in [3.8, 4) is 0 Å². The van der Waals surface area contributed by atoms with Crippen LogP contribution in [0, 0.1) is 5.92 Å². The molecule has 0 aliphatic carbocycles. The molecular weight excluding hydrogens is 396 g/mol. The zero-order chi connectivity index (χ0) is 20.1. The summed E-state index contributed by atoms with van der Waals surface area (Å²) >= 11 is 5.86. The van der Waals surface area contributed by atoms with Crippen molar-refractivity contribution in [3.05, 3.63) is 65.2 Å². The SMILES string of the molecule is CC1CCN(C(=O)[C@@H](Cc2ccccc2)NS(=O)(=O)c2ccc(Cl)cc2)CC1. The van der Waals surface area contributed by atoms with Gasteiger partial charge in [0.1, 0.15) is 6.04 Å². The molecule has 7 heteroatoms. The number of halogens is 1. The number of rotatable bonds is 6. The van der Waals surface area contributed by atoms with Gasteiger partial charge in [0.15, 0.2) is 0 Å². The summed E-state index contributed by atoms with van der Waals surface area (Å²) in [6.07, 6.45) is 2.18. The lowest BCUT2D eigenvalue weighted by Gasteiger charge is -2.33. The van der Waals surface area contributed by atoms with Crippen LogP contribution >= 0.6 is 11.6 Å². The predicted octanol–water partition coefficient (Wildman–Crippen LogP) is 3.49. The number of carbonyl (C=O) groups is 1. The van der Waals surface area contributed by atoms with Gasteiger partial charge in [-0.15, -0.1) is 0 Å². The highest BCUT2D eigenvalue weighted by molar-refractivity contribution is 7.89. The first-order chi connectivity index (χ1) is 13.3. The molecule has 1 aliphatic rings. The smallest absolute Gasteiger partial charge is 0.241 e. The van der Waals surface area contributed by atoms with Crippen molar-refractivity contribution in [2.45, 2.75) is 37.1 Å². The first-order valence-corrected chi connectivity index (χ1v) is 11.3. The molecule has 0 bridgehead atoms. The van der Waals surface area contributed by atoms with Gasteiger partial charge < -0.3 is 4.90 Å². The maximum Gasteiger partial charge on any atom is 0.241 e. The summed E-state index contributed by atoms with van der Waals surface area (Å²) in [7, 11) is -3.85. The first-order valence-electron chi connectivity index (χ1n) is 9.46. The minimum absolute atomic E-state index is 0.0926. The van der Waals surface area contributed by atoms with Gasteiger partial charge >= 0.3 is 0 Å². The zero-order valence-corrected chi connectivity index (χ0v) is 17.4. The van der Waals surface area contributed by atoms with Crippen molar-refractivity contribution in [3.63, 3.8) is 0 Å². The van der Waals surface area contributed by atoms with Gasteiger partial charge in [-0.2, -0.15) is 4.72 Å². The molecule has 0 saturated carbocycles. The molecule has 1 fully saturated rings. The van der Waals surface area contributed by atoms with E-state index in [1.807, 2.05) is 30.3 Å². The fraction of sp³-hybridized carbons (Fsp3) is 0.381. The number of carbonyl (C=O) groups excluding carboxylic acids is 1. The Balaban J connectivity index is 1.83. The van der Waals surface area contributed by atoms with Gasteiger partial charge in [-0.05, 0) is 55.0 Å². The Labute approximate surface area is 171 Å². The molecule has 1 saturated heterocycles. The molecule has 1 N–H and O–H groups in total. The number of nitrogens with one attached hydrogen (secondary N) is 1. The van der Waals surface area contributed by atoms with Gasteiger partial charge in [0.05, 0.1) is 4.90 Å². The summed E-state index contributed by atoms with van der Waals surface area (Å²) in [5.74, 6) is 0.413. The van der Waals surface area contributed by atoms with E-state index in [0.29, 0.717) is 30.5 Å². The van der Waals surface area contributed by atoms with Crippen LogP contribution < -0.4 is 4.72 Å². The van der Waals surface area contributed by atoms with Crippen molar-refractivity contribution < 1.29 is 13.2 Å². The van der Waals surface area contributed by atoms with Crippen molar-refractivity contribution >= 4 is 27.5 Å². The Bertz CT molecular complexity index is 893. The van der Waals surface area contributed by atoms with Gasteiger partial charge in [0.2, 0.25) is 15.9 Å². The quantitative estimate of drug-likeness (QED) is 0.777. The molecule has 1 atom stereocenters. The number of hydrogen-bond acceptors (Lipinski definition) is 3. The molecule has 0 unspecified atom stereocenters. The van der Waals surface area contributed by atoms with Gasteiger partial charge in [0.25, 0.3) is 0 Å². The summed E-state index contributed by atoms with van der Waals surface area (Å²) in [5, 5.41) is 0.457. The molecular formula is C21H25ClN2O3S. The molecule has 0 radical (unpaired) electrons. The number of nitrogens with zero attached hydrogens (tertiary/aromatic N) is 1. The highest BCUT2D eigenvalue weighted by Crippen LogP contribution is 2.19. The molecule has 1 heterocycles. The van der Waals surface area contributed by atoms with Crippen molar-refractivity contribution in [1.82, 2.24) is 9.62 Å². The molecule has 1 aliphatic heterocycles. The lowest BCUT2D eigenvalue weighted by atomic mass is 9.98. The van der Waals surface area contributed by atoms with Gasteiger partial charge in [-0.1, -0.05) is 48.9 Å². The molecule has 1 amide bonds. The van der Waals surface area contributed by atoms with E-state index in [1.54, 1.807) is 4.90 Å². The van der Waals surface area contributed by atoms with Crippen LogP contribution in [0.15, 0.2) is 59.5 Å². The normalized spacial score (nSPS) is 16.7. The van der Waals surface area contributed by atoms with Crippen molar-refractivity contribution in [2.24, 2.45) is 5.92 Å². The van der Waals surface area contributed by atoms with E-state index in [9.17, 15) is 13.2 Å². The van der Waals surface area contributed by atoms with Gasteiger partial charge in [0, 0.05) is 18.1 Å². The Morgan fingerprint density at radius 3 is 2.32 bits per heavy atom.